The number of nitrogens with zero attached hydrogens (tertiary/aromatic N) is 1. The van der Waals surface area contributed by atoms with E-state index in [1.807, 2.05) is 0 Å². The molecule has 0 saturated heterocycles. The molecule has 18 heavy (non-hydrogen) atoms. The van der Waals surface area contributed by atoms with E-state index in [2.05, 4.69) is 0 Å². The van der Waals surface area contributed by atoms with Crippen LogP contribution < -0.4 is 0 Å². The lowest BCUT2D eigenvalue weighted by atomic mass is 10.2. The highest BCUT2D eigenvalue weighted by molar-refractivity contribution is 5.91. The molecular weight excluding hydrogens is 237 g/mol. The molecule has 1 aromatic carbocycles. The number of benzene rings is 1. The Morgan fingerprint density at radius 2 is 2.17 bits per heavy atom. The normalized spacial score (nSPS) is 10.6. The number of carboxylic acids is 1. The van der Waals surface area contributed by atoms with E-state index in [0.29, 0.717) is 5.56 Å². The van der Waals surface area contributed by atoms with Crippen LogP contribution in [0.3, 0.4) is 0 Å². The molecule has 5 heteroatoms. The standard InChI is InChI=1S/C13H14FNO3/c1-15(8-7-13(17)18)12(16)6-5-10-3-2-4-11(14)9-10/h2-6,9H,7-8H2,1H3,(H,17,18)/b6-5+. The van der Waals surface area contributed by atoms with E-state index >= 15 is 0 Å². The van der Waals surface area contributed by atoms with Gasteiger partial charge in [-0.25, -0.2) is 4.39 Å². The second-order valence-corrected chi connectivity index (χ2v) is 3.79. The van der Waals surface area contributed by atoms with Crippen molar-refractivity contribution in [2.24, 2.45) is 0 Å². The van der Waals surface area contributed by atoms with Crippen molar-refractivity contribution >= 4 is 18.0 Å². The van der Waals surface area contributed by atoms with Gasteiger partial charge >= 0.3 is 5.97 Å². The van der Waals surface area contributed by atoms with Crippen molar-refractivity contribution in [1.82, 2.24) is 4.90 Å². The number of halogens is 1. The molecule has 0 saturated carbocycles. The van der Waals surface area contributed by atoms with Crippen LogP contribution in [0.25, 0.3) is 6.08 Å². The van der Waals surface area contributed by atoms with Crippen LogP contribution in [0.1, 0.15) is 12.0 Å². The van der Waals surface area contributed by atoms with Gasteiger partial charge in [-0.2, -0.15) is 0 Å². The van der Waals surface area contributed by atoms with E-state index < -0.39 is 5.97 Å². The molecule has 0 radical (unpaired) electrons. The maximum Gasteiger partial charge on any atom is 0.305 e. The highest BCUT2D eigenvalue weighted by Gasteiger charge is 2.06. The summed E-state index contributed by atoms with van der Waals surface area (Å²) in [5, 5.41) is 8.48. The minimum Gasteiger partial charge on any atom is -0.481 e. The van der Waals surface area contributed by atoms with E-state index in [0.717, 1.165) is 0 Å². The topological polar surface area (TPSA) is 57.6 Å². The Bertz CT molecular complexity index is 471. The number of carbonyl (C=O) groups is 2. The Hall–Kier alpha value is -2.17. The van der Waals surface area contributed by atoms with Gasteiger partial charge in [-0.05, 0) is 23.8 Å². The number of hydrogen-bond acceptors (Lipinski definition) is 2. The fourth-order valence-electron chi connectivity index (χ4n) is 1.28. The monoisotopic (exact) mass is 251 g/mol. The fourth-order valence-corrected chi connectivity index (χ4v) is 1.28. The highest BCUT2D eigenvalue weighted by Crippen LogP contribution is 2.05. The van der Waals surface area contributed by atoms with E-state index in [1.54, 1.807) is 12.1 Å². The smallest absolute Gasteiger partial charge is 0.305 e. The number of carbonyl (C=O) groups excluding carboxylic acids is 1. The minimum atomic E-state index is -0.955. The highest BCUT2D eigenvalue weighted by atomic mass is 19.1. The molecule has 0 heterocycles. The Labute approximate surface area is 104 Å². The molecule has 0 atom stereocenters. The van der Waals surface area contributed by atoms with Crippen LogP contribution >= 0.6 is 0 Å². The Kier molecular flexibility index (Phi) is 5.05. The largest absolute Gasteiger partial charge is 0.481 e. The molecular formula is C13H14FNO3. The molecule has 0 aromatic heterocycles. The van der Waals surface area contributed by atoms with Gasteiger partial charge in [0.15, 0.2) is 0 Å². The summed E-state index contributed by atoms with van der Waals surface area (Å²) in [6, 6.07) is 5.84. The van der Waals surface area contributed by atoms with Gasteiger partial charge in [-0.3, -0.25) is 9.59 Å². The van der Waals surface area contributed by atoms with Crippen molar-refractivity contribution < 1.29 is 19.1 Å². The van der Waals surface area contributed by atoms with Gasteiger partial charge in [-0.15, -0.1) is 0 Å². The number of aliphatic carboxylic acids is 1. The molecule has 0 aliphatic heterocycles. The first kappa shape index (κ1) is 13.9. The summed E-state index contributed by atoms with van der Waals surface area (Å²) < 4.78 is 12.9. The SMILES string of the molecule is CN(CCC(=O)O)C(=O)/C=C/c1cccc(F)c1. The second-order valence-electron chi connectivity index (χ2n) is 3.79. The summed E-state index contributed by atoms with van der Waals surface area (Å²) in [4.78, 5) is 23.2. The predicted molar refractivity (Wildman–Crippen MR) is 65.3 cm³/mol. The summed E-state index contributed by atoms with van der Waals surface area (Å²) in [7, 11) is 1.52. The number of likely N-dealkylation sites (N-methyl/N-ethyl adjacent to an activating group) is 1. The third kappa shape index (κ3) is 4.78. The van der Waals surface area contributed by atoms with Crippen LogP contribution in [0, 0.1) is 5.82 Å². The average molecular weight is 251 g/mol. The maximum absolute atomic E-state index is 12.9. The molecule has 1 rings (SSSR count). The first-order valence-corrected chi connectivity index (χ1v) is 5.39. The molecule has 4 nitrogen and oxygen atoms in total. The molecule has 1 aromatic rings. The summed E-state index contributed by atoms with van der Waals surface area (Å²) in [6.07, 6.45) is 2.68. The van der Waals surface area contributed by atoms with Gasteiger partial charge in [0.05, 0.1) is 6.42 Å². The number of hydrogen-bond donors (Lipinski definition) is 1. The van der Waals surface area contributed by atoms with Crippen molar-refractivity contribution in [2.45, 2.75) is 6.42 Å². The molecule has 0 aliphatic carbocycles. The molecule has 1 N–H and O–H groups in total. The zero-order valence-electron chi connectivity index (χ0n) is 9.97. The van der Waals surface area contributed by atoms with Gasteiger partial charge in [0, 0.05) is 19.7 Å². The van der Waals surface area contributed by atoms with Crippen LogP contribution in [0.5, 0.6) is 0 Å². The molecule has 0 fully saturated rings. The van der Waals surface area contributed by atoms with Crippen LogP contribution in [0.2, 0.25) is 0 Å². The van der Waals surface area contributed by atoms with Gasteiger partial charge < -0.3 is 10.0 Å². The third-order valence-corrected chi connectivity index (χ3v) is 2.30. The van der Waals surface area contributed by atoms with E-state index in [9.17, 15) is 14.0 Å². The lowest BCUT2D eigenvalue weighted by molar-refractivity contribution is -0.137. The van der Waals surface area contributed by atoms with Crippen LogP contribution in [-0.4, -0.2) is 35.5 Å². The average Bonchev–Trinajstić information content (AvgIpc) is 2.33. The fraction of sp³-hybridized carbons (Fsp3) is 0.231. The summed E-state index contributed by atoms with van der Waals surface area (Å²) >= 11 is 0. The molecule has 0 bridgehead atoms. The third-order valence-electron chi connectivity index (χ3n) is 2.30. The van der Waals surface area contributed by atoms with Crippen LogP contribution in [0.4, 0.5) is 4.39 Å². The van der Waals surface area contributed by atoms with Gasteiger partial charge in [0.25, 0.3) is 0 Å². The summed E-state index contributed by atoms with van der Waals surface area (Å²) in [5.74, 6) is -1.65. The number of amides is 1. The first-order valence-electron chi connectivity index (χ1n) is 5.39. The minimum absolute atomic E-state index is 0.101. The van der Waals surface area contributed by atoms with Gasteiger partial charge in [0.1, 0.15) is 5.82 Å². The maximum atomic E-state index is 12.9. The van der Waals surface area contributed by atoms with Crippen LogP contribution in [-0.2, 0) is 9.59 Å². The zero-order valence-corrected chi connectivity index (χ0v) is 9.97. The molecule has 0 spiro atoms. The predicted octanol–water partition coefficient (Wildman–Crippen LogP) is 1.77. The molecule has 0 aliphatic rings. The Morgan fingerprint density at radius 3 is 2.78 bits per heavy atom. The van der Waals surface area contributed by atoms with Gasteiger partial charge in [0.2, 0.25) is 5.91 Å². The lowest BCUT2D eigenvalue weighted by Gasteiger charge is -2.13. The molecule has 96 valence electrons. The summed E-state index contributed by atoms with van der Waals surface area (Å²) in [5.41, 5.74) is 0.579. The quantitative estimate of drug-likeness (QED) is 0.811. The Morgan fingerprint density at radius 1 is 1.44 bits per heavy atom. The summed E-state index contributed by atoms with van der Waals surface area (Å²) in [6.45, 7) is 0.141. The van der Waals surface area contributed by atoms with E-state index in [4.69, 9.17) is 5.11 Å². The van der Waals surface area contributed by atoms with E-state index in [-0.39, 0.29) is 24.7 Å². The number of carboxylic acid groups (broad SMARTS) is 1. The zero-order chi connectivity index (χ0) is 13.5. The molecule has 0 unspecified atom stereocenters. The van der Waals surface area contributed by atoms with Crippen molar-refractivity contribution in [3.63, 3.8) is 0 Å². The van der Waals surface area contributed by atoms with Crippen molar-refractivity contribution in [3.8, 4) is 0 Å². The number of rotatable bonds is 5. The van der Waals surface area contributed by atoms with Crippen molar-refractivity contribution in [1.29, 1.82) is 0 Å². The lowest BCUT2D eigenvalue weighted by Crippen LogP contribution is -2.27. The van der Waals surface area contributed by atoms with E-state index in [1.165, 1.54) is 36.2 Å². The van der Waals surface area contributed by atoms with Crippen molar-refractivity contribution in [3.05, 3.63) is 41.7 Å². The molecule has 1 amide bonds. The second kappa shape index (κ2) is 6.54. The van der Waals surface area contributed by atoms with Crippen LogP contribution in [0.15, 0.2) is 30.3 Å². The van der Waals surface area contributed by atoms with Crippen molar-refractivity contribution in [2.75, 3.05) is 13.6 Å². The first-order chi connectivity index (χ1) is 8.49. The van der Waals surface area contributed by atoms with Gasteiger partial charge in [-0.1, -0.05) is 12.1 Å². The Balaban J connectivity index is 2.56.